The summed E-state index contributed by atoms with van der Waals surface area (Å²) in [6.07, 6.45) is 0. The van der Waals surface area contributed by atoms with E-state index in [-0.39, 0.29) is 6.04 Å². The Morgan fingerprint density at radius 2 is 1.78 bits per heavy atom. The minimum Gasteiger partial charge on any atom is -0.359 e. The van der Waals surface area contributed by atoms with E-state index in [9.17, 15) is 0 Å². The maximum absolute atomic E-state index is 5.14. The van der Waals surface area contributed by atoms with Crippen molar-refractivity contribution >= 4 is 40.3 Å². The van der Waals surface area contributed by atoms with Crippen molar-refractivity contribution in [3.8, 4) is 0 Å². The second kappa shape index (κ2) is 7.13. The van der Waals surface area contributed by atoms with Crippen LogP contribution in [0.4, 0.5) is 5.69 Å². The molecule has 0 spiro atoms. The van der Waals surface area contributed by atoms with Crippen LogP contribution in [0, 0.1) is 6.92 Å². The maximum atomic E-state index is 5.14. The van der Waals surface area contributed by atoms with E-state index >= 15 is 0 Å². The number of rotatable bonds is 2. The highest BCUT2D eigenvalue weighted by Crippen LogP contribution is 2.08. The van der Waals surface area contributed by atoms with Crippen LogP contribution >= 0.6 is 24.4 Å². The summed E-state index contributed by atoms with van der Waals surface area (Å²) in [6, 6.07) is 8.25. The van der Waals surface area contributed by atoms with E-state index in [2.05, 4.69) is 21.5 Å². The lowest BCUT2D eigenvalue weighted by Crippen LogP contribution is -2.49. The van der Waals surface area contributed by atoms with E-state index in [1.54, 1.807) is 0 Å². The van der Waals surface area contributed by atoms with Crippen LogP contribution in [0.3, 0.4) is 0 Å². The lowest BCUT2D eigenvalue weighted by atomic mass is 10.2. The fourth-order valence-corrected chi connectivity index (χ4v) is 1.75. The Balaban J connectivity index is 2.36. The molecule has 6 heteroatoms. The summed E-state index contributed by atoms with van der Waals surface area (Å²) >= 11 is 10.2. The van der Waals surface area contributed by atoms with Gasteiger partial charge in [-0.3, -0.25) is 10.9 Å². The third kappa shape index (κ3) is 5.79. The molecule has 0 radical (unpaired) electrons. The molecular formula is C12H18N4S2. The summed E-state index contributed by atoms with van der Waals surface area (Å²) in [5.74, 6) is 0. The Kier molecular flexibility index (Phi) is 5.80. The SMILES string of the molecule is Cc1cccc(NC(=S)NNC(=S)NC(C)C)c1. The zero-order valence-electron chi connectivity index (χ0n) is 10.7. The van der Waals surface area contributed by atoms with Crippen LogP contribution in [0.1, 0.15) is 19.4 Å². The topological polar surface area (TPSA) is 48.1 Å². The molecule has 0 aliphatic rings. The van der Waals surface area contributed by atoms with Crippen molar-refractivity contribution in [2.75, 3.05) is 5.32 Å². The molecule has 0 aliphatic heterocycles. The van der Waals surface area contributed by atoms with Crippen LogP contribution in [0.15, 0.2) is 24.3 Å². The summed E-state index contributed by atoms with van der Waals surface area (Å²) in [5, 5.41) is 7.08. The van der Waals surface area contributed by atoms with Crippen molar-refractivity contribution in [1.82, 2.24) is 16.2 Å². The normalized spacial score (nSPS) is 9.78. The van der Waals surface area contributed by atoms with Crippen LogP contribution in [0.2, 0.25) is 0 Å². The van der Waals surface area contributed by atoms with E-state index in [0.29, 0.717) is 10.2 Å². The second-order valence-electron chi connectivity index (χ2n) is 4.20. The van der Waals surface area contributed by atoms with E-state index in [1.807, 2.05) is 45.0 Å². The minimum absolute atomic E-state index is 0.283. The summed E-state index contributed by atoms with van der Waals surface area (Å²) in [4.78, 5) is 0. The minimum atomic E-state index is 0.283. The molecule has 0 heterocycles. The Morgan fingerprint density at radius 3 is 2.39 bits per heavy atom. The van der Waals surface area contributed by atoms with Crippen molar-refractivity contribution < 1.29 is 0 Å². The first-order valence-electron chi connectivity index (χ1n) is 5.67. The second-order valence-corrected chi connectivity index (χ2v) is 5.02. The molecule has 0 aromatic heterocycles. The molecule has 98 valence electrons. The van der Waals surface area contributed by atoms with Crippen molar-refractivity contribution in [3.05, 3.63) is 29.8 Å². The number of anilines is 1. The predicted octanol–water partition coefficient (Wildman–Crippen LogP) is 2.07. The third-order valence-electron chi connectivity index (χ3n) is 1.99. The van der Waals surface area contributed by atoms with Crippen LogP contribution in [-0.2, 0) is 0 Å². The number of thiocarbonyl (C=S) groups is 2. The largest absolute Gasteiger partial charge is 0.359 e. The number of aryl methyl sites for hydroxylation is 1. The van der Waals surface area contributed by atoms with Gasteiger partial charge in [0.15, 0.2) is 10.2 Å². The number of hydrazine groups is 1. The summed E-state index contributed by atoms with van der Waals surface area (Å²) in [6.45, 7) is 6.05. The average molecular weight is 282 g/mol. The molecule has 0 atom stereocenters. The average Bonchev–Trinajstić information content (AvgIpc) is 2.25. The maximum Gasteiger partial charge on any atom is 0.189 e. The van der Waals surface area contributed by atoms with Gasteiger partial charge in [0.05, 0.1) is 0 Å². The highest BCUT2D eigenvalue weighted by atomic mass is 32.1. The predicted molar refractivity (Wildman–Crippen MR) is 84.5 cm³/mol. The van der Waals surface area contributed by atoms with Gasteiger partial charge >= 0.3 is 0 Å². The van der Waals surface area contributed by atoms with Gasteiger partial charge in [0.1, 0.15) is 0 Å². The van der Waals surface area contributed by atoms with Gasteiger partial charge in [-0.2, -0.15) is 0 Å². The monoisotopic (exact) mass is 282 g/mol. The number of benzene rings is 1. The smallest absolute Gasteiger partial charge is 0.189 e. The summed E-state index contributed by atoms with van der Waals surface area (Å²) < 4.78 is 0. The van der Waals surface area contributed by atoms with Gasteiger partial charge in [0.2, 0.25) is 0 Å². The van der Waals surface area contributed by atoms with Crippen molar-refractivity contribution in [2.45, 2.75) is 26.8 Å². The van der Waals surface area contributed by atoms with Crippen molar-refractivity contribution in [2.24, 2.45) is 0 Å². The molecule has 4 nitrogen and oxygen atoms in total. The molecule has 1 rings (SSSR count). The van der Waals surface area contributed by atoms with Crippen molar-refractivity contribution in [1.29, 1.82) is 0 Å². The van der Waals surface area contributed by atoms with Crippen LogP contribution in [0.5, 0.6) is 0 Å². The van der Waals surface area contributed by atoms with E-state index in [1.165, 1.54) is 5.56 Å². The molecule has 0 saturated heterocycles. The van der Waals surface area contributed by atoms with E-state index in [0.717, 1.165) is 5.69 Å². The van der Waals surface area contributed by atoms with Gasteiger partial charge in [-0.15, -0.1) is 0 Å². The van der Waals surface area contributed by atoms with Gasteiger partial charge in [-0.25, -0.2) is 0 Å². The standard InChI is InChI=1S/C12H18N4S2/c1-8(2)13-11(17)15-16-12(18)14-10-6-4-5-9(3)7-10/h4-8H,1-3H3,(H2,13,15,17)(H2,14,16,18). The fourth-order valence-electron chi connectivity index (χ4n) is 1.30. The molecule has 18 heavy (non-hydrogen) atoms. The first-order chi connectivity index (χ1) is 8.47. The van der Waals surface area contributed by atoms with Gasteiger partial charge in [0, 0.05) is 11.7 Å². The Hall–Kier alpha value is -1.40. The molecule has 4 N–H and O–H groups in total. The molecule has 0 aliphatic carbocycles. The van der Waals surface area contributed by atoms with Crippen molar-refractivity contribution in [3.63, 3.8) is 0 Å². The van der Waals surface area contributed by atoms with Crippen LogP contribution < -0.4 is 21.5 Å². The number of nitrogens with one attached hydrogen (secondary N) is 4. The number of hydrogen-bond donors (Lipinski definition) is 4. The molecule has 0 bridgehead atoms. The van der Waals surface area contributed by atoms with E-state index < -0.39 is 0 Å². The molecule has 1 aromatic rings. The molecular weight excluding hydrogens is 264 g/mol. The van der Waals surface area contributed by atoms with Gasteiger partial charge in [-0.1, -0.05) is 12.1 Å². The lowest BCUT2D eigenvalue weighted by Gasteiger charge is -2.16. The zero-order chi connectivity index (χ0) is 13.5. The third-order valence-corrected chi connectivity index (χ3v) is 2.41. The van der Waals surface area contributed by atoms with Crippen LogP contribution in [0.25, 0.3) is 0 Å². The molecule has 0 fully saturated rings. The van der Waals surface area contributed by atoms with Gasteiger partial charge < -0.3 is 10.6 Å². The first kappa shape index (κ1) is 14.7. The van der Waals surface area contributed by atoms with Crippen LogP contribution in [-0.4, -0.2) is 16.3 Å². The fraction of sp³-hybridized carbons (Fsp3) is 0.333. The summed E-state index contributed by atoms with van der Waals surface area (Å²) in [5.41, 5.74) is 7.75. The molecule has 0 saturated carbocycles. The summed E-state index contributed by atoms with van der Waals surface area (Å²) in [7, 11) is 0. The first-order valence-corrected chi connectivity index (χ1v) is 6.49. The quantitative estimate of drug-likeness (QED) is 0.492. The van der Waals surface area contributed by atoms with Gasteiger partial charge in [-0.05, 0) is 62.9 Å². The Morgan fingerprint density at radius 1 is 1.11 bits per heavy atom. The molecule has 0 amide bonds. The Labute approximate surface area is 119 Å². The van der Waals surface area contributed by atoms with Gasteiger partial charge in [0.25, 0.3) is 0 Å². The molecule has 1 aromatic carbocycles. The zero-order valence-corrected chi connectivity index (χ0v) is 12.3. The highest BCUT2D eigenvalue weighted by molar-refractivity contribution is 7.80. The molecule has 0 unspecified atom stereocenters. The van der Waals surface area contributed by atoms with E-state index in [4.69, 9.17) is 24.4 Å². The Bertz CT molecular complexity index is 432. The lowest BCUT2D eigenvalue weighted by molar-refractivity contribution is 0.705. The number of hydrogen-bond acceptors (Lipinski definition) is 2. The highest BCUT2D eigenvalue weighted by Gasteiger charge is 2.00.